The van der Waals surface area contributed by atoms with E-state index >= 15 is 0 Å². The topological polar surface area (TPSA) is 71.3 Å². The van der Waals surface area contributed by atoms with Crippen LogP contribution in [0.3, 0.4) is 0 Å². The molecule has 1 N–H and O–H groups in total. The summed E-state index contributed by atoms with van der Waals surface area (Å²) in [6, 6.07) is 11.9. The molecule has 2 rings (SSSR count). The Kier molecular flexibility index (Phi) is 6.68. The summed E-state index contributed by atoms with van der Waals surface area (Å²) in [6.07, 6.45) is 1.72. The minimum absolute atomic E-state index is 0. The third-order valence-corrected chi connectivity index (χ3v) is 3.19. The number of nitro benzene ring substituents is 1. The van der Waals surface area contributed by atoms with Crippen molar-refractivity contribution in [3.63, 3.8) is 0 Å². The highest BCUT2D eigenvalue weighted by molar-refractivity contribution is 7.80. The molecular formula is C14H15ClN4O2S. The molecule has 8 heteroatoms. The number of nitro groups is 1. The van der Waals surface area contributed by atoms with Gasteiger partial charge in [-0.3, -0.25) is 15.1 Å². The van der Waals surface area contributed by atoms with Gasteiger partial charge in [0.1, 0.15) is 0 Å². The van der Waals surface area contributed by atoms with E-state index in [2.05, 4.69) is 10.3 Å². The van der Waals surface area contributed by atoms with Gasteiger partial charge in [-0.05, 0) is 30.4 Å². The van der Waals surface area contributed by atoms with Crippen molar-refractivity contribution in [2.75, 3.05) is 12.4 Å². The van der Waals surface area contributed by atoms with E-state index in [4.69, 9.17) is 12.2 Å². The zero-order valence-electron chi connectivity index (χ0n) is 11.8. The molecule has 0 aliphatic carbocycles. The van der Waals surface area contributed by atoms with Crippen LogP contribution in [0.25, 0.3) is 0 Å². The number of halogens is 1. The van der Waals surface area contributed by atoms with Gasteiger partial charge < -0.3 is 10.2 Å². The summed E-state index contributed by atoms with van der Waals surface area (Å²) in [4.78, 5) is 16.3. The van der Waals surface area contributed by atoms with Gasteiger partial charge in [0.05, 0.1) is 17.2 Å². The number of pyridine rings is 1. The van der Waals surface area contributed by atoms with E-state index in [1.54, 1.807) is 18.3 Å². The lowest BCUT2D eigenvalue weighted by Crippen LogP contribution is -2.30. The summed E-state index contributed by atoms with van der Waals surface area (Å²) < 4.78 is 0. The fourth-order valence-electron chi connectivity index (χ4n) is 1.72. The number of rotatable bonds is 4. The first kappa shape index (κ1) is 17.8. The number of non-ortho nitro benzene ring substituents is 1. The Balaban J connectivity index is 0.00000242. The number of thiocarbonyl (C=S) groups is 1. The quantitative estimate of drug-likeness (QED) is 0.524. The van der Waals surface area contributed by atoms with Crippen molar-refractivity contribution in [3.05, 3.63) is 64.5 Å². The molecule has 0 aliphatic rings. The van der Waals surface area contributed by atoms with Gasteiger partial charge >= 0.3 is 0 Å². The molecule has 0 saturated carbocycles. The molecule has 2 aromatic rings. The Hall–Kier alpha value is -2.25. The van der Waals surface area contributed by atoms with E-state index in [9.17, 15) is 10.1 Å². The molecule has 0 atom stereocenters. The normalized spacial score (nSPS) is 9.50. The van der Waals surface area contributed by atoms with Crippen molar-refractivity contribution in [1.29, 1.82) is 0 Å². The van der Waals surface area contributed by atoms with Crippen LogP contribution in [-0.4, -0.2) is 27.0 Å². The zero-order valence-corrected chi connectivity index (χ0v) is 13.4. The second-order valence-electron chi connectivity index (χ2n) is 4.41. The van der Waals surface area contributed by atoms with Gasteiger partial charge in [-0.2, -0.15) is 0 Å². The maximum atomic E-state index is 10.7. The standard InChI is InChI=1S/C14H14N4O2S.ClH/c1-17(10-12-5-2-3-8-15-12)14(21)16-11-6-4-7-13(9-11)18(19)20;/h2-9H,10H2,1H3,(H,16,21);1H. The lowest BCUT2D eigenvalue weighted by Gasteiger charge is -2.20. The van der Waals surface area contributed by atoms with Crippen LogP contribution >= 0.6 is 24.6 Å². The highest BCUT2D eigenvalue weighted by Gasteiger charge is 2.09. The number of hydrogen-bond donors (Lipinski definition) is 1. The van der Waals surface area contributed by atoms with Crippen molar-refractivity contribution >= 4 is 41.1 Å². The zero-order chi connectivity index (χ0) is 15.2. The van der Waals surface area contributed by atoms with Crippen LogP contribution in [0.15, 0.2) is 48.7 Å². The van der Waals surface area contributed by atoms with E-state index < -0.39 is 4.92 Å². The van der Waals surface area contributed by atoms with Crippen molar-refractivity contribution in [2.45, 2.75) is 6.54 Å². The largest absolute Gasteiger partial charge is 0.346 e. The second-order valence-corrected chi connectivity index (χ2v) is 4.80. The smallest absolute Gasteiger partial charge is 0.271 e. The Labute approximate surface area is 139 Å². The molecule has 0 unspecified atom stereocenters. The van der Waals surface area contributed by atoms with E-state index in [0.29, 0.717) is 17.3 Å². The lowest BCUT2D eigenvalue weighted by atomic mass is 10.3. The maximum Gasteiger partial charge on any atom is 0.271 e. The second kappa shape index (κ2) is 8.26. The fourth-order valence-corrected chi connectivity index (χ4v) is 1.90. The summed E-state index contributed by atoms with van der Waals surface area (Å²) >= 11 is 5.28. The van der Waals surface area contributed by atoms with Crippen molar-refractivity contribution < 1.29 is 4.92 Å². The maximum absolute atomic E-state index is 10.7. The van der Waals surface area contributed by atoms with Crippen LogP contribution in [-0.2, 0) is 6.54 Å². The number of nitrogens with one attached hydrogen (secondary N) is 1. The number of benzene rings is 1. The van der Waals surface area contributed by atoms with Crippen LogP contribution in [0.5, 0.6) is 0 Å². The summed E-state index contributed by atoms with van der Waals surface area (Å²) in [5.41, 5.74) is 1.50. The fraction of sp³-hybridized carbons (Fsp3) is 0.143. The van der Waals surface area contributed by atoms with Crippen molar-refractivity contribution in [2.24, 2.45) is 0 Å². The third-order valence-electron chi connectivity index (χ3n) is 2.78. The summed E-state index contributed by atoms with van der Waals surface area (Å²) in [5.74, 6) is 0. The van der Waals surface area contributed by atoms with Gasteiger partial charge in [-0.25, -0.2) is 0 Å². The first-order chi connectivity index (χ1) is 10.1. The molecule has 0 amide bonds. The molecule has 0 saturated heterocycles. The molecule has 1 aromatic carbocycles. The molecular weight excluding hydrogens is 324 g/mol. The highest BCUT2D eigenvalue weighted by Crippen LogP contribution is 2.17. The van der Waals surface area contributed by atoms with Gasteiger partial charge in [-0.1, -0.05) is 12.1 Å². The van der Waals surface area contributed by atoms with Crippen molar-refractivity contribution in [1.82, 2.24) is 9.88 Å². The number of nitrogens with zero attached hydrogens (tertiary/aromatic N) is 3. The molecule has 6 nitrogen and oxygen atoms in total. The van der Waals surface area contributed by atoms with Gasteiger partial charge in [-0.15, -0.1) is 12.4 Å². The van der Waals surface area contributed by atoms with E-state index in [1.807, 2.05) is 30.1 Å². The molecule has 0 bridgehead atoms. The molecule has 1 heterocycles. The predicted octanol–water partition coefficient (Wildman–Crippen LogP) is 3.24. The van der Waals surface area contributed by atoms with Gasteiger partial charge in [0.2, 0.25) is 0 Å². The summed E-state index contributed by atoms with van der Waals surface area (Å²) in [7, 11) is 1.83. The van der Waals surface area contributed by atoms with Crippen LogP contribution in [0.1, 0.15) is 5.69 Å². The summed E-state index contributed by atoms with van der Waals surface area (Å²) in [6.45, 7) is 0.557. The van der Waals surface area contributed by atoms with Crippen LogP contribution in [0.4, 0.5) is 11.4 Å². The number of aromatic nitrogens is 1. The average Bonchev–Trinajstić information content (AvgIpc) is 2.48. The first-order valence-corrected chi connectivity index (χ1v) is 6.63. The van der Waals surface area contributed by atoms with E-state index in [0.717, 1.165) is 5.69 Å². The van der Waals surface area contributed by atoms with Crippen LogP contribution in [0.2, 0.25) is 0 Å². The first-order valence-electron chi connectivity index (χ1n) is 6.23. The van der Waals surface area contributed by atoms with E-state index in [1.165, 1.54) is 12.1 Å². The monoisotopic (exact) mass is 338 g/mol. The van der Waals surface area contributed by atoms with Gasteiger partial charge in [0.25, 0.3) is 5.69 Å². The minimum atomic E-state index is -0.439. The molecule has 0 fully saturated rings. The molecule has 0 spiro atoms. The van der Waals surface area contributed by atoms with Gasteiger partial charge in [0.15, 0.2) is 5.11 Å². The molecule has 22 heavy (non-hydrogen) atoms. The Morgan fingerprint density at radius 3 is 2.77 bits per heavy atom. The molecule has 116 valence electrons. The number of hydrogen-bond acceptors (Lipinski definition) is 4. The SMILES string of the molecule is CN(Cc1ccccn1)C(=S)Nc1cccc([N+](=O)[O-])c1.Cl. The van der Waals surface area contributed by atoms with Crippen LogP contribution in [0, 0.1) is 10.1 Å². The molecule has 0 aliphatic heterocycles. The molecule has 0 radical (unpaired) electrons. The summed E-state index contributed by atoms with van der Waals surface area (Å²) in [5, 5.41) is 14.2. The Morgan fingerprint density at radius 1 is 1.36 bits per heavy atom. The van der Waals surface area contributed by atoms with E-state index in [-0.39, 0.29) is 18.1 Å². The third kappa shape index (κ3) is 4.94. The Morgan fingerprint density at radius 2 is 2.14 bits per heavy atom. The highest BCUT2D eigenvalue weighted by atomic mass is 35.5. The number of anilines is 1. The average molecular weight is 339 g/mol. The predicted molar refractivity (Wildman–Crippen MR) is 92.3 cm³/mol. The van der Waals surface area contributed by atoms with Crippen LogP contribution < -0.4 is 5.32 Å². The lowest BCUT2D eigenvalue weighted by molar-refractivity contribution is -0.384. The van der Waals surface area contributed by atoms with Gasteiger partial charge in [0, 0.05) is 31.1 Å². The molecule has 1 aromatic heterocycles. The Bertz CT molecular complexity index is 654. The van der Waals surface area contributed by atoms with Crippen molar-refractivity contribution in [3.8, 4) is 0 Å². The minimum Gasteiger partial charge on any atom is -0.346 e.